The van der Waals surface area contributed by atoms with Crippen LogP contribution in [0.15, 0.2) is 0 Å². The Hall–Kier alpha value is 0.310. The lowest BCUT2D eigenvalue weighted by atomic mass is 9.74. The van der Waals surface area contributed by atoms with Crippen molar-refractivity contribution >= 4 is 11.8 Å². The van der Waals surface area contributed by atoms with Gasteiger partial charge in [-0.25, -0.2) is 0 Å². The lowest BCUT2D eigenvalue weighted by Gasteiger charge is -2.38. The highest BCUT2D eigenvalue weighted by atomic mass is 32.2. The molecule has 90 valence electrons. The van der Waals surface area contributed by atoms with Gasteiger partial charge in [-0.05, 0) is 36.9 Å². The van der Waals surface area contributed by atoms with E-state index in [1.54, 1.807) is 0 Å². The van der Waals surface area contributed by atoms with Crippen LogP contribution in [0, 0.1) is 17.8 Å². The summed E-state index contributed by atoms with van der Waals surface area (Å²) in [6.07, 6.45) is 6.43. The van der Waals surface area contributed by atoms with Gasteiger partial charge in [0, 0.05) is 18.3 Å². The first-order chi connectivity index (χ1) is 7.15. The zero-order valence-electron chi connectivity index (χ0n) is 10.8. The minimum absolute atomic E-state index is 0.779. The van der Waals surface area contributed by atoms with Crippen molar-refractivity contribution in [2.75, 3.05) is 18.6 Å². The van der Waals surface area contributed by atoms with Gasteiger partial charge in [-0.15, -0.1) is 0 Å². The Balaban J connectivity index is 2.39. The fourth-order valence-corrected chi connectivity index (χ4v) is 3.11. The molecule has 3 atom stereocenters. The molecule has 3 unspecified atom stereocenters. The van der Waals surface area contributed by atoms with Crippen LogP contribution >= 0.6 is 11.8 Å². The second-order valence-corrected chi connectivity index (χ2v) is 6.37. The number of rotatable bonds is 5. The number of nitrogens with one attached hydrogen (secondary N) is 1. The second kappa shape index (κ2) is 6.80. The highest BCUT2D eigenvalue weighted by molar-refractivity contribution is 7.98. The van der Waals surface area contributed by atoms with Crippen molar-refractivity contribution in [1.82, 2.24) is 5.32 Å². The topological polar surface area (TPSA) is 12.0 Å². The van der Waals surface area contributed by atoms with Crippen molar-refractivity contribution in [2.45, 2.75) is 46.1 Å². The largest absolute Gasteiger partial charge is 0.313 e. The van der Waals surface area contributed by atoms with E-state index in [1.165, 1.54) is 31.6 Å². The molecule has 1 aliphatic rings. The normalized spacial score (nSPS) is 32.2. The molecule has 1 saturated carbocycles. The van der Waals surface area contributed by atoms with E-state index in [0.717, 1.165) is 23.8 Å². The van der Waals surface area contributed by atoms with Crippen LogP contribution in [0.1, 0.15) is 40.0 Å². The maximum Gasteiger partial charge on any atom is 0.0101 e. The molecule has 1 rings (SSSR count). The van der Waals surface area contributed by atoms with Crippen LogP contribution in [-0.4, -0.2) is 24.6 Å². The molecule has 0 aromatic rings. The first-order valence-corrected chi connectivity index (χ1v) is 7.76. The van der Waals surface area contributed by atoms with Gasteiger partial charge in [0.15, 0.2) is 0 Å². The van der Waals surface area contributed by atoms with Crippen LogP contribution in [-0.2, 0) is 0 Å². The SMILES string of the molecule is CSCCNC1CC(C)CCC1C(C)C. The van der Waals surface area contributed by atoms with Gasteiger partial charge in [-0.2, -0.15) is 11.8 Å². The van der Waals surface area contributed by atoms with Gasteiger partial charge < -0.3 is 5.32 Å². The highest BCUT2D eigenvalue weighted by Gasteiger charge is 2.29. The maximum atomic E-state index is 3.76. The average molecular weight is 229 g/mol. The quantitative estimate of drug-likeness (QED) is 0.725. The van der Waals surface area contributed by atoms with Gasteiger partial charge in [0.25, 0.3) is 0 Å². The van der Waals surface area contributed by atoms with Crippen LogP contribution in [0.5, 0.6) is 0 Å². The molecule has 0 aromatic carbocycles. The molecular formula is C13H27NS. The molecule has 1 aliphatic carbocycles. The van der Waals surface area contributed by atoms with Crippen molar-refractivity contribution in [3.63, 3.8) is 0 Å². The molecule has 1 nitrogen and oxygen atoms in total. The summed E-state index contributed by atoms with van der Waals surface area (Å²) in [4.78, 5) is 0. The fraction of sp³-hybridized carbons (Fsp3) is 1.00. The Bertz CT molecular complexity index is 170. The Morgan fingerprint density at radius 1 is 1.33 bits per heavy atom. The number of hydrogen-bond acceptors (Lipinski definition) is 2. The predicted molar refractivity (Wildman–Crippen MR) is 71.5 cm³/mol. The summed E-state index contributed by atoms with van der Waals surface area (Å²) in [6, 6.07) is 0.779. The average Bonchev–Trinajstić information content (AvgIpc) is 2.18. The molecule has 0 bridgehead atoms. The summed E-state index contributed by atoms with van der Waals surface area (Å²) in [6.45, 7) is 8.34. The van der Waals surface area contributed by atoms with E-state index in [9.17, 15) is 0 Å². The molecule has 0 aromatic heterocycles. The van der Waals surface area contributed by atoms with E-state index in [-0.39, 0.29) is 0 Å². The van der Waals surface area contributed by atoms with E-state index >= 15 is 0 Å². The molecule has 0 heterocycles. The third-order valence-corrected chi connectivity index (χ3v) is 4.35. The van der Waals surface area contributed by atoms with Crippen molar-refractivity contribution in [3.8, 4) is 0 Å². The van der Waals surface area contributed by atoms with Crippen LogP contribution in [0.2, 0.25) is 0 Å². The van der Waals surface area contributed by atoms with Gasteiger partial charge in [0.1, 0.15) is 0 Å². The van der Waals surface area contributed by atoms with E-state index in [0.29, 0.717) is 0 Å². The Morgan fingerprint density at radius 2 is 2.07 bits per heavy atom. The summed E-state index contributed by atoms with van der Waals surface area (Å²) < 4.78 is 0. The van der Waals surface area contributed by atoms with Crippen molar-refractivity contribution in [1.29, 1.82) is 0 Å². The van der Waals surface area contributed by atoms with Gasteiger partial charge in [-0.1, -0.05) is 27.2 Å². The van der Waals surface area contributed by atoms with E-state index in [2.05, 4.69) is 32.3 Å². The monoisotopic (exact) mass is 229 g/mol. The molecule has 15 heavy (non-hydrogen) atoms. The molecular weight excluding hydrogens is 202 g/mol. The van der Waals surface area contributed by atoms with E-state index in [1.807, 2.05) is 11.8 Å². The van der Waals surface area contributed by atoms with Gasteiger partial charge in [-0.3, -0.25) is 0 Å². The lowest BCUT2D eigenvalue weighted by Crippen LogP contribution is -2.43. The lowest BCUT2D eigenvalue weighted by molar-refractivity contribution is 0.172. The molecule has 0 amide bonds. The maximum absolute atomic E-state index is 3.76. The zero-order chi connectivity index (χ0) is 11.3. The van der Waals surface area contributed by atoms with Crippen molar-refractivity contribution in [2.24, 2.45) is 17.8 Å². The molecule has 2 heteroatoms. The first kappa shape index (κ1) is 13.4. The molecule has 0 saturated heterocycles. The first-order valence-electron chi connectivity index (χ1n) is 6.37. The highest BCUT2D eigenvalue weighted by Crippen LogP contribution is 2.33. The van der Waals surface area contributed by atoms with Crippen LogP contribution in [0.3, 0.4) is 0 Å². The molecule has 0 radical (unpaired) electrons. The summed E-state index contributed by atoms with van der Waals surface area (Å²) in [5.74, 6) is 3.91. The standard InChI is InChI=1S/C13H27NS/c1-10(2)12-6-5-11(3)9-13(12)14-7-8-15-4/h10-14H,5-9H2,1-4H3. The molecule has 1 fully saturated rings. The van der Waals surface area contributed by atoms with Gasteiger partial charge >= 0.3 is 0 Å². The summed E-state index contributed by atoms with van der Waals surface area (Å²) >= 11 is 1.94. The van der Waals surface area contributed by atoms with Crippen LogP contribution in [0.25, 0.3) is 0 Å². The minimum atomic E-state index is 0.779. The Labute approximate surface area is 99.8 Å². The number of thioether (sulfide) groups is 1. The predicted octanol–water partition coefficient (Wildman–Crippen LogP) is 3.40. The number of hydrogen-bond donors (Lipinski definition) is 1. The summed E-state index contributed by atoms with van der Waals surface area (Å²) in [5, 5.41) is 3.76. The smallest absolute Gasteiger partial charge is 0.0101 e. The van der Waals surface area contributed by atoms with Gasteiger partial charge in [0.2, 0.25) is 0 Å². The minimum Gasteiger partial charge on any atom is -0.313 e. The van der Waals surface area contributed by atoms with E-state index < -0.39 is 0 Å². The molecule has 0 spiro atoms. The van der Waals surface area contributed by atoms with Crippen LogP contribution in [0.4, 0.5) is 0 Å². The molecule has 1 N–H and O–H groups in total. The van der Waals surface area contributed by atoms with Gasteiger partial charge in [0.05, 0.1) is 0 Å². The van der Waals surface area contributed by atoms with E-state index in [4.69, 9.17) is 0 Å². The second-order valence-electron chi connectivity index (χ2n) is 5.38. The third kappa shape index (κ3) is 4.36. The van der Waals surface area contributed by atoms with Crippen molar-refractivity contribution < 1.29 is 0 Å². The Morgan fingerprint density at radius 3 is 2.67 bits per heavy atom. The summed E-state index contributed by atoms with van der Waals surface area (Å²) in [7, 11) is 0. The van der Waals surface area contributed by atoms with Crippen molar-refractivity contribution in [3.05, 3.63) is 0 Å². The third-order valence-electron chi connectivity index (χ3n) is 3.73. The molecule has 0 aliphatic heterocycles. The zero-order valence-corrected chi connectivity index (χ0v) is 11.6. The fourth-order valence-electron chi connectivity index (χ4n) is 2.78. The van der Waals surface area contributed by atoms with Crippen LogP contribution < -0.4 is 5.32 Å². The summed E-state index contributed by atoms with van der Waals surface area (Å²) in [5.41, 5.74) is 0. The Kier molecular flexibility index (Phi) is 6.06.